The molecule has 0 saturated carbocycles. The number of nitrogens with zero attached hydrogens (tertiary/aromatic N) is 5. The summed E-state index contributed by atoms with van der Waals surface area (Å²) < 4.78 is 1.72. The topological polar surface area (TPSA) is 68.5 Å². The summed E-state index contributed by atoms with van der Waals surface area (Å²) in [6.45, 7) is 4.92. The first-order chi connectivity index (χ1) is 8.69. The van der Waals surface area contributed by atoms with Gasteiger partial charge in [-0.1, -0.05) is 6.92 Å². The van der Waals surface area contributed by atoms with E-state index in [4.69, 9.17) is 0 Å². The maximum absolute atomic E-state index is 4.39. The second-order valence-corrected chi connectivity index (χ2v) is 4.82. The molecular formula is C11H16N6S. The molecule has 0 saturated heterocycles. The third-order valence-electron chi connectivity index (χ3n) is 2.24. The fraction of sp³-hybridized carbons (Fsp3) is 0.455. The molecule has 2 heterocycles. The minimum Gasteiger partial charge on any atom is -0.370 e. The van der Waals surface area contributed by atoms with Gasteiger partial charge in [0.15, 0.2) is 5.16 Å². The number of nitrogens with one attached hydrogen (secondary N) is 1. The highest BCUT2D eigenvalue weighted by molar-refractivity contribution is 7.99. The molecule has 1 N–H and O–H groups in total. The minimum absolute atomic E-state index is 0.751. The predicted octanol–water partition coefficient (Wildman–Crippen LogP) is 1.89. The van der Waals surface area contributed by atoms with E-state index in [0.717, 1.165) is 34.8 Å². The van der Waals surface area contributed by atoms with Gasteiger partial charge in [-0.05, 0) is 25.1 Å². The van der Waals surface area contributed by atoms with Crippen molar-refractivity contribution in [2.45, 2.75) is 30.5 Å². The van der Waals surface area contributed by atoms with Crippen molar-refractivity contribution < 1.29 is 0 Å². The molecule has 2 aromatic heterocycles. The van der Waals surface area contributed by atoms with Gasteiger partial charge in [0.05, 0.1) is 0 Å². The number of aryl methyl sites for hydroxylation is 2. The summed E-state index contributed by atoms with van der Waals surface area (Å²) >= 11 is 1.48. The van der Waals surface area contributed by atoms with E-state index in [0.29, 0.717) is 0 Å². The van der Waals surface area contributed by atoms with Crippen molar-refractivity contribution in [1.29, 1.82) is 0 Å². The Morgan fingerprint density at radius 2 is 2.22 bits per heavy atom. The van der Waals surface area contributed by atoms with Crippen LogP contribution in [-0.2, 0) is 7.05 Å². The molecule has 2 aromatic rings. The molecule has 0 amide bonds. The van der Waals surface area contributed by atoms with Crippen LogP contribution >= 0.6 is 11.8 Å². The molecule has 0 unspecified atom stereocenters. The van der Waals surface area contributed by atoms with Gasteiger partial charge in [-0.15, -0.1) is 0 Å². The van der Waals surface area contributed by atoms with E-state index in [-0.39, 0.29) is 0 Å². The normalized spacial score (nSPS) is 10.6. The lowest BCUT2D eigenvalue weighted by Gasteiger charge is -2.06. The Morgan fingerprint density at radius 3 is 2.89 bits per heavy atom. The summed E-state index contributed by atoms with van der Waals surface area (Å²) in [5, 5.41) is 8.98. The molecule has 18 heavy (non-hydrogen) atoms. The second kappa shape index (κ2) is 5.81. The largest absolute Gasteiger partial charge is 0.370 e. The predicted molar refractivity (Wildman–Crippen MR) is 70.7 cm³/mol. The van der Waals surface area contributed by atoms with Gasteiger partial charge < -0.3 is 5.32 Å². The van der Waals surface area contributed by atoms with E-state index in [1.54, 1.807) is 4.68 Å². The first-order valence-corrected chi connectivity index (χ1v) is 6.62. The lowest BCUT2D eigenvalue weighted by atomic mass is 10.4. The fourth-order valence-electron chi connectivity index (χ4n) is 1.41. The summed E-state index contributed by atoms with van der Waals surface area (Å²) in [6, 6.07) is 1.93. The third-order valence-corrected chi connectivity index (χ3v) is 3.21. The quantitative estimate of drug-likeness (QED) is 0.832. The van der Waals surface area contributed by atoms with E-state index in [9.17, 15) is 0 Å². The number of hydrogen-bond acceptors (Lipinski definition) is 6. The SMILES string of the molecule is CCCNc1cc(Sc2ncnn2C)nc(C)n1. The highest BCUT2D eigenvalue weighted by atomic mass is 32.2. The number of anilines is 1. The van der Waals surface area contributed by atoms with Gasteiger partial charge >= 0.3 is 0 Å². The van der Waals surface area contributed by atoms with Gasteiger partial charge in [0.25, 0.3) is 0 Å². The van der Waals surface area contributed by atoms with Crippen molar-refractivity contribution in [1.82, 2.24) is 24.7 Å². The van der Waals surface area contributed by atoms with Gasteiger partial charge in [-0.2, -0.15) is 5.10 Å². The standard InChI is InChI=1S/C11H16N6S/c1-4-5-12-9-6-10(16-8(2)15-9)18-11-13-7-14-17(11)3/h6-7H,4-5H2,1-3H3,(H,12,15,16). The maximum atomic E-state index is 4.39. The summed E-state index contributed by atoms with van der Waals surface area (Å²) in [4.78, 5) is 12.9. The summed E-state index contributed by atoms with van der Waals surface area (Å²) in [7, 11) is 1.86. The van der Waals surface area contributed by atoms with Gasteiger partial charge in [-0.25, -0.2) is 19.6 Å². The van der Waals surface area contributed by atoms with Gasteiger partial charge in [0.2, 0.25) is 0 Å². The van der Waals surface area contributed by atoms with Gasteiger partial charge in [0.1, 0.15) is 23.0 Å². The maximum Gasteiger partial charge on any atom is 0.192 e. The Bertz CT molecular complexity index is 524. The lowest BCUT2D eigenvalue weighted by molar-refractivity contribution is 0.684. The molecule has 0 aliphatic rings. The monoisotopic (exact) mass is 264 g/mol. The molecule has 96 valence electrons. The molecule has 0 aliphatic carbocycles. The molecule has 6 nitrogen and oxygen atoms in total. The summed E-state index contributed by atoms with van der Waals surface area (Å²) in [5.74, 6) is 1.61. The third kappa shape index (κ3) is 3.19. The van der Waals surface area contributed by atoms with Crippen molar-refractivity contribution >= 4 is 17.6 Å². The molecule has 7 heteroatoms. The van der Waals surface area contributed by atoms with Crippen molar-refractivity contribution in [3.05, 3.63) is 18.2 Å². The second-order valence-electron chi connectivity index (χ2n) is 3.83. The Hall–Kier alpha value is -1.63. The minimum atomic E-state index is 0.751. The van der Waals surface area contributed by atoms with Crippen LogP contribution in [0.15, 0.2) is 22.6 Å². The molecule has 0 fully saturated rings. The summed E-state index contributed by atoms with van der Waals surface area (Å²) in [6.07, 6.45) is 2.60. The first-order valence-electron chi connectivity index (χ1n) is 5.80. The molecule has 0 radical (unpaired) electrons. The highest BCUT2D eigenvalue weighted by Gasteiger charge is 2.07. The highest BCUT2D eigenvalue weighted by Crippen LogP contribution is 2.24. The lowest BCUT2D eigenvalue weighted by Crippen LogP contribution is -2.04. The molecule has 0 spiro atoms. The average Bonchev–Trinajstić information content (AvgIpc) is 2.72. The van der Waals surface area contributed by atoms with Crippen molar-refractivity contribution in [3.8, 4) is 0 Å². The molecule has 0 aromatic carbocycles. The van der Waals surface area contributed by atoms with Crippen molar-refractivity contribution in [2.75, 3.05) is 11.9 Å². The molecule has 0 bridgehead atoms. The average molecular weight is 264 g/mol. The van der Waals surface area contributed by atoms with Crippen LogP contribution in [0.25, 0.3) is 0 Å². The molecule has 2 rings (SSSR count). The van der Waals surface area contributed by atoms with E-state index in [2.05, 4.69) is 32.3 Å². The Labute approximate surface area is 110 Å². The van der Waals surface area contributed by atoms with Crippen molar-refractivity contribution in [2.24, 2.45) is 7.05 Å². The zero-order valence-electron chi connectivity index (χ0n) is 10.7. The molecular weight excluding hydrogens is 248 g/mol. The van der Waals surface area contributed by atoms with Gasteiger partial charge in [0, 0.05) is 19.7 Å². The zero-order valence-corrected chi connectivity index (χ0v) is 11.5. The number of hydrogen-bond donors (Lipinski definition) is 1. The zero-order chi connectivity index (χ0) is 13.0. The van der Waals surface area contributed by atoms with Crippen LogP contribution in [0.5, 0.6) is 0 Å². The Balaban J connectivity index is 2.17. The molecule has 0 atom stereocenters. The fourth-order valence-corrected chi connectivity index (χ4v) is 2.22. The van der Waals surface area contributed by atoms with Crippen LogP contribution in [-0.4, -0.2) is 31.3 Å². The van der Waals surface area contributed by atoms with Crippen LogP contribution in [0.4, 0.5) is 5.82 Å². The number of rotatable bonds is 5. The van der Waals surface area contributed by atoms with E-state index < -0.39 is 0 Å². The van der Waals surface area contributed by atoms with Crippen molar-refractivity contribution in [3.63, 3.8) is 0 Å². The van der Waals surface area contributed by atoms with Crippen LogP contribution in [0, 0.1) is 6.92 Å². The van der Waals surface area contributed by atoms with Crippen LogP contribution in [0.2, 0.25) is 0 Å². The van der Waals surface area contributed by atoms with Crippen LogP contribution < -0.4 is 5.32 Å². The Kier molecular flexibility index (Phi) is 4.14. The Morgan fingerprint density at radius 1 is 1.39 bits per heavy atom. The van der Waals surface area contributed by atoms with Gasteiger partial charge in [-0.3, -0.25) is 0 Å². The van der Waals surface area contributed by atoms with Crippen LogP contribution in [0.1, 0.15) is 19.2 Å². The smallest absolute Gasteiger partial charge is 0.192 e. The first kappa shape index (κ1) is 12.8. The van der Waals surface area contributed by atoms with E-state index in [1.165, 1.54) is 18.1 Å². The molecule has 0 aliphatic heterocycles. The number of aromatic nitrogens is 5. The van der Waals surface area contributed by atoms with Crippen LogP contribution in [0.3, 0.4) is 0 Å². The summed E-state index contributed by atoms with van der Waals surface area (Å²) in [5.41, 5.74) is 0. The van der Waals surface area contributed by atoms with E-state index in [1.807, 2.05) is 20.0 Å². The van der Waals surface area contributed by atoms with E-state index >= 15 is 0 Å².